The summed E-state index contributed by atoms with van der Waals surface area (Å²) in [6.07, 6.45) is 2.64. The van der Waals surface area contributed by atoms with Gasteiger partial charge in [0, 0.05) is 39.3 Å². The minimum atomic E-state index is -0.149. The van der Waals surface area contributed by atoms with E-state index in [1.54, 1.807) is 6.07 Å². The van der Waals surface area contributed by atoms with Crippen LogP contribution in [0.25, 0.3) is 0 Å². The van der Waals surface area contributed by atoms with Crippen LogP contribution < -0.4 is 10.2 Å². The van der Waals surface area contributed by atoms with E-state index < -0.39 is 0 Å². The zero-order valence-electron chi connectivity index (χ0n) is 15.1. The maximum atomic E-state index is 13.9. The molecular formula is C19H29FN4O. The van der Waals surface area contributed by atoms with Crippen LogP contribution in [-0.4, -0.2) is 63.3 Å². The molecular weight excluding hydrogens is 319 g/mol. The summed E-state index contributed by atoms with van der Waals surface area (Å²) in [5.41, 5.74) is 0.692. The molecule has 5 nitrogen and oxygen atoms in total. The topological polar surface area (TPSA) is 40.1 Å². The lowest BCUT2D eigenvalue weighted by Crippen LogP contribution is -2.52. The number of hydrogen-bond acceptors (Lipinski definition) is 3. The molecule has 138 valence electrons. The van der Waals surface area contributed by atoms with Gasteiger partial charge >= 0.3 is 0 Å². The molecule has 0 aromatic heterocycles. The average molecular weight is 348 g/mol. The van der Waals surface area contributed by atoms with Gasteiger partial charge in [0.2, 0.25) is 0 Å². The number of ether oxygens (including phenoxy) is 1. The number of benzene rings is 1. The van der Waals surface area contributed by atoms with Gasteiger partial charge in [0.25, 0.3) is 0 Å². The zero-order chi connectivity index (χ0) is 17.5. The number of hydrogen-bond donors (Lipinski definition) is 1. The van der Waals surface area contributed by atoms with Gasteiger partial charge in [0.15, 0.2) is 5.96 Å². The summed E-state index contributed by atoms with van der Waals surface area (Å²) < 4.78 is 19.6. The Labute approximate surface area is 149 Å². The van der Waals surface area contributed by atoms with E-state index in [9.17, 15) is 4.39 Å². The highest BCUT2D eigenvalue weighted by Crippen LogP contribution is 2.28. The number of para-hydroxylation sites is 1. The van der Waals surface area contributed by atoms with Gasteiger partial charge < -0.3 is 19.9 Å². The Kier molecular flexibility index (Phi) is 6.50. The van der Waals surface area contributed by atoms with E-state index in [1.807, 2.05) is 12.1 Å². The van der Waals surface area contributed by atoms with E-state index in [0.717, 1.165) is 51.2 Å². The van der Waals surface area contributed by atoms with Crippen molar-refractivity contribution in [2.75, 3.05) is 57.4 Å². The van der Waals surface area contributed by atoms with Crippen molar-refractivity contribution in [3.8, 4) is 0 Å². The molecule has 1 aliphatic carbocycles. The molecule has 6 heteroatoms. The molecule has 25 heavy (non-hydrogen) atoms. The van der Waals surface area contributed by atoms with E-state index in [2.05, 4.69) is 27.0 Å². The number of rotatable bonds is 7. The lowest BCUT2D eigenvalue weighted by molar-refractivity contribution is 0.131. The number of halogens is 1. The molecule has 1 N–H and O–H groups in total. The van der Waals surface area contributed by atoms with Crippen LogP contribution in [0.2, 0.25) is 0 Å². The normalized spacial score (nSPS) is 18.6. The molecule has 0 radical (unpaired) electrons. The number of guanidine groups is 1. The summed E-state index contributed by atoms with van der Waals surface area (Å²) >= 11 is 0. The van der Waals surface area contributed by atoms with Gasteiger partial charge in [-0.2, -0.15) is 0 Å². The third-order valence-corrected chi connectivity index (χ3v) is 4.65. The summed E-state index contributed by atoms with van der Waals surface area (Å²) in [7, 11) is 0. The Morgan fingerprint density at radius 3 is 2.68 bits per heavy atom. The fraction of sp³-hybridized carbons (Fsp3) is 0.632. The predicted molar refractivity (Wildman–Crippen MR) is 99.7 cm³/mol. The highest BCUT2D eigenvalue weighted by molar-refractivity contribution is 5.80. The summed E-state index contributed by atoms with van der Waals surface area (Å²) in [6, 6.07) is 6.99. The Bertz CT molecular complexity index is 568. The largest absolute Gasteiger partial charge is 0.379 e. The average Bonchev–Trinajstić information content (AvgIpc) is 3.46. The molecule has 3 rings (SSSR count). The van der Waals surface area contributed by atoms with E-state index in [0.29, 0.717) is 18.8 Å². The fourth-order valence-corrected chi connectivity index (χ4v) is 3.04. The third-order valence-electron chi connectivity index (χ3n) is 4.65. The minimum Gasteiger partial charge on any atom is -0.379 e. The molecule has 0 bridgehead atoms. The van der Waals surface area contributed by atoms with Crippen LogP contribution in [0.4, 0.5) is 10.1 Å². The maximum Gasteiger partial charge on any atom is 0.194 e. The van der Waals surface area contributed by atoms with E-state index in [1.165, 1.54) is 18.9 Å². The third kappa shape index (κ3) is 5.33. The van der Waals surface area contributed by atoms with Crippen LogP contribution in [0.5, 0.6) is 0 Å². The maximum absolute atomic E-state index is 13.9. The minimum absolute atomic E-state index is 0.149. The van der Waals surface area contributed by atoms with Crippen molar-refractivity contribution in [1.29, 1.82) is 0 Å². The molecule has 2 fully saturated rings. The Balaban J connectivity index is 1.48. The highest BCUT2D eigenvalue weighted by atomic mass is 19.1. The molecule has 1 saturated carbocycles. The molecule has 1 aromatic rings. The number of piperazine rings is 1. The van der Waals surface area contributed by atoms with Crippen LogP contribution in [0.1, 0.15) is 19.8 Å². The molecule has 1 saturated heterocycles. The summed E-state index contributed by atoms with van der Waals surface area (Å²) in [5, 5.41) is 3.36. The Morgan fingerprint density at radius 1 is 1.24 bits per heavy atom. The first-order valence-electron chi connectivity index (χ1n) is 9.38. The van der Waals surface area contributed by atoms with Crippen molar-refractivity contribution in [3.05, 3.63) is 30.1 Å². The second-order valence-electron chi connectivity index (χ2n) is 6.68. The van der Waals surface area contributed by atoms with Crippen molar-refractivity contribution >= 4 is 11.6 Å². The van der Waals surface area contributed by atoms with Crippen LogP contribution in [0, 0.1) is 11.7 Å². The number of nitrogens with zero attached hydrogens (tertiary/aromatic N) is 3. The number of aliphatic imine (C=N–C) groups is 1. The molecule has 0 atom stereocenters. The smallest absolute Gasteiger partial charge is 0.194 e. The van der Waals surface area contributed by atoms with Gasteiger partial charge in [-0.1, -0.05) is 12.1 Å². The SMILES string of the molecule is CCNC(=NCCOCC1CC1)N1CCN(c2ccccc2F)CC1. The van der Waals surface area contributed by atoms with Crippen molar-refractivity contribution in [2.24, 2.45) is 10.9 Å². The molecule has 1 aromatic carbocycles. The second-order valence-corrected chi connectivity index (χ2v) is 6.68. The van der Waals surface area contributed by atoms with Crippen LogP contribution in [-0.2, 0) is 4.74 Å². The van der Waals surface area contributed by atoms with Gasteiger partial charge in [0.1, 0.15) is 5.82 Å². The van der Waals surface area contributed by atoms with Crippen LogP contribution in [0.15, 0.2) is 29.3 Å². The lowest BCUT2D eigenvalue weighted by Gasteiger charge is -2.37. The quantitative estimate of drug-likeness (QED) is 0.466. The standard InChI is InChI=1S/C19H29FN4O/c1-2-21-19(22-9-14-25-15-16-7-8-16)24-12-10-23(11-13-24)18-6-4-3-5-17(18)20/h3-6,16H,2,7-15H2,1H3,(H,21,22). The van der Waals surface area contributed by atoms with E-state index >= 15 is 0 Å². The van der Waals surface area contributed by atoms with Crippen molar-refractivity contribution < 1.29 is 9.13 Å². The predicted octanol–water partition coefficient (Wildman–Crippen LogP) is 2.34. The molecule has 1 heterocycles. The molecule has 0 amide bonds. The second kappa shape index (κ2) is 9.04. The van der Waals surface area contributed by atoms with Crippen LogP contribution >= 0.6 is 0 Å². The van der Waals surface area contributed by atoms with Gasteiger partial charge in [-0.05, 0) is 37.8 Å². The van der Waals surface area contributed by atoms with Crippen molar-refractivity contribution in [2.45, 2.75) is 19.8 Å². The molecule has 0 unspecified atom stereocenters. The Morgan fingerprint density at radius 2 is 2.00 bits per heavy atom. The van der Waals surface area contributed by atoms with Crippen molar-refractivity contribution in [3.63, 3.8) is 0 Å². The van der Waals surface area contributed by atoms with E-state index in [4.69, 9.17) is 4.74 Å². The van der Waals surface area contributed by atoms with Gasteiger partial charge in [-0.15, -0.1) is 0 Å². The molecule has 2 aliphatic rings. The first kappa shape index (κ1) is 18.0. The van der Waals surface area contributed by atoms with Crippen molar-refractivity contribution in [1.82, 2.24) is 10.2 Å². The monoisotopic (exact) mass is 348 g/mol. The fourth-order valence-electron chi connectivity index (χ4n) is 3.04. The Hall–Kier alpha value is -1.82. The first-order valence-corrected chi connectivity index (χ1v) is 9.38. The summed E-state index contributed by atoms with van der Waals surface area (Å²) in [6.45, 7) is 8.43. The summed E-state index contributed by atoms with van der Waals surface area (Å²) in [5.74, 6) is 1.58. The number of anilines is 1. The highest BCUT2D eigenvalue weighted by Gasteiger charge is 2.22. The lowest BCUT2D eigenvalue weighted by atomic mass is 10.2. The molecule has 1 aliphatic heterocycles. The molecule has 0 spiro atoms. The first-order chi connectivity index (χ1) is 12.3. The van der Waals surface area contributed by atoms with Gasteiger partial charge in [-0.3, -0.25) is 4.99 Å². The summed E-state index contributed by atoms with van der Waals surface area (Å²) in [4.78, 5) is 9.04. The van der Waals surface area contributed by atoms with Gasteiger partial charge in [0.05, 0.1) is 18.8 Å². The zero-order valence-corrected chi connectivity index (χ0v) is 15.1. The van der Waals surface area contributed by atoms with E-state index in [-0.39, 0.29) is 5.82 Å². The van der Waals surface area contributed by atoms with Crippen LogP contribution in [0.3, 0.4) is 0 Å². The van der Waals surface area contributed by atoms with Gasteiger partial charge in [-0.25, -0.2) is 4.39 Å². The number of nitrogens with one attached hydrogen (secondary N) is 1.